The van der Waals surface area contributed by atoms with Crippen molar-refractivity contribution in [3.8, 4) is 11.5 Å². The fourth-order valence-electron chi connectivity index (χ4n) is 3.49. The molecule has 1 heterocycles. The number of ether oxygens (including phenoxy) is 3. The second-order valence-electron chi connectivity index (χ2n) is 7.12. The van der Waals surface area contributed by atoms with E-state index >= 15 is 0 Å². The Morgan fingerprint density at radius 1 is 1.17 bits per heavy atom. The van der Waals surface area contributed by atoms with E-state index in [1.807, 2.05) is 12.1 Å². The van der Waals surface area contributed by atoms with Gasteiger partial charge in [-0.15, -0.1) is 11.3 Å². The first-order chi connectivity index (χ1) is 14.0. The first-order valence-corrected chi connectivity index (χ1v) is 10.6. The Kier molecular flexibility index (Phi) is 7.14. The van der Waals surface area contributed by atoms with Gasteiger partial charge in [-0.25, -0.2) is 4.79 Å². The summed E-state index contributed by atoms with van der Waals surface area (Å²) in [6, 6.07) is 7.35. The van der Waals surface area contributed by atoms with Gasteiger partial charge in [0.15, 0.2) is 18.1 Å². The van der Waals surface area contributed by atoms with Crippen molar-refractivity contribution >= 4 is 23.2 Å². The Morgan fingerprint density at radius 2 is 1.97 bits per heavy atom. The molecule has 0 saturated carbocycles. The first-order valence-electron chi connectivity index (χ1n) is 9.80. The van der Waals surface area contributed by atoms with E-state index < -0.39 is 5.97 Å². The third-order valence-electron chi connectivity index (χ3n) is 5.24. The van der Waals surface area contributed by atoms with Crippen LogP contribution in [0.5, 0.6) is 11.5 Å². The number of rotatable bonds is 8. The molecule has 7 heteroatoms. The van der Waals surface area contributed by atoms with Crippen LogP contribution in [0.4, 0.5) is 0 Å². The number of methoxy groups -OCH3 is 2. The Morgan fingerprint density at radius 3 is 2.69 bits per heavy atom. The SMILES string of the molecule is CCC1CCc2sc(C(=O)OCC(=O)NCc3ccc(OC)c(OC)c3)cc2C1. The van der Waals surface area contributed by atoms with Crippen LogP contribution in [-0.4, -0.2) is 32.7 Å². The fraction of sp³-hybridized carbons (Fsp3) is 0.455. The quantitative estimate of drug-likeness (QED) is 0.662. The number of aryl methyl sites for hydroxylation is 1. The van der Waals surface area contributed by atoms with Crippen molar-refractivity contribution in [2.45, 2.75) is 39.2 Å². The maximum atomic E-state index is 12.3. The third-order valence-corrected chi connectivity index (χ3v) is 6.45. The summed E-state index contributed by atoms with van der Waals surface area (Å²) in [5.74, 6) is 1.14. The maximum absolute atomic E-state index is 12.3. The van der Waals surface area contributed by atoms with Crippen LogP contribution in [0, 0.1) is 5.92 Å². The fourth-order valence-corrected chi connectivity index (χ4v) is 4.59. The summed E-state index contributed by atoms with van der Waals surface area (Å²) in [5, 5.41) is 2.75. The van der Waals surface area contributed by atoms with Crippen molar-refractivity contribution in [2.75, 3.05) is 20.8 Å². The normalized spacial score (nSPS) is 15.3. The van der Waals surface area contributed by atoms with E-state index in [4.69, 9.17) is 14.2 Å². The summed E-state index contributed by atoms with van der Waals surface area (Å²) in [5.41, 5.74) is 2.12. The second kappa shape index (κ2) is 9.78. The van der Waals surface area contributed by atoms with Crippen LogP contribution in [0.3, 0.4) is 0 Å². The number of amides is 1. The average molecular weight is 418 g/mol. The van der Waals surface area contributed by atoms with E-state index in [0.29, 0.717) is 28.8 Å². The second-order valence-corrected chi connectivity index (χ2v) is 8.26. The minimum absolute atomic E-state index is 0.299. The van der Waals surface area contributed by atoms with Crippen LogP contribution >= 0.6 is 11.3 Å². The maximum Gasteiger partial charge on any atom is 0.348 e. The van der Waals surface area contributed by atoms with Crippen molar-refractivity contribution < 1.29 is 23.8 Å². The number of carbonyl (C=O) groups excluding carboxylic acids is 2. The highest BCUT2D eigenvalue weighted by Crippen LogP contribution is 2.33. The van der Waals surface area contributed by atoms with Crippen LogP contribution in [0.2, 0.25) is 0 Å². The molecule has 1 amide bonds. The molecule has 1 N–H and O–H groups in total. The third kappa shape index (κ3) is 5.29. The molecular weight excluding hydrogens is 390 g/mol. The van der Waals surface area contributed by atoms with Gasteiger partial charge < -0.3 is 19.5 Å². The van der Waals surface area contributed by atoms with Gasteiger partial charge in [0.2, 0.25) is 0 Å². The molecule has 1 aromatic carbocycles. The number of esters is 1. The van der Waals surface area contributed by atoms with Crippen molar-refractivity contribution in [2.24, 2.45) is 5.92 Å². The summed E-state index contributed by atoms with van der Waals surface area (Å²) in [6.45, 7) is 2.21. The van der Waals surface area contributed by atoms with E-state index in [0.717, 1.165) is 24.8 Å². The Balaban J connectivity index is 1.48. The summed E-state index contributed by atoms with van der Waals surface area (Å²) >= 11 is 1.49. The van der Waals surface area contributed by atoms with Gasteiger partial charge in [-0.05, 0) is 54.5 Å². The predicted octanol–water partition coefficient (Wildman–Crippen LogP) is 3.75. The van der Waals surface area contributed by atoms with Gasteiger partial charge in [-0.1, -0.05) is 19.4 Å². The molecule has 6 nitrogen and oxygen atoms in total. The van der Waals surface area contributed by atoms with Gasteiger partial charge >= 0.3 is 5.97 Å². The highest BCUT2D eigenvalue weighted by molar-refractivity contribution is 7.14. The monoisotopic (exact) mass is 417 g/mol. The minimum atomic E-state index is -0.432. The summed E-state index contributed by atoms with van der Waals surface area (Å²) < 4.78 is 15.7. The average Bonchev–Trinajstić information content (AvgIpc) is 3.19. The lowest BCUT2D eigenvalue weighted by Crippen LogP contribution is -2.28. The number of carbonyl (C=O) groups is 2. The molecule has 1 unspecified atom stereocenters. The molecule has 29 heavy (non-hydrogen) atoms. The van der Waals surface area contributed by atoms with Gasteiger partial charge in [-0.2, -0.15) is 0 Å². The molecule has 2 aromatic rings. The van der Waals surface area contributed by atoms with Crippen molar-refractivity contribution in [1.82, 2.24) is 5.32 Å². The standard InChI is InChI=1S/C22H27NO5S/c1-4-14-6-8-19-16(9-14)11-20(29-19)22(25)28-13-21(24)23-12-15-5-7-17(26-2)18(10-15)27-3/h5,7,10-11,14H,4,6,8-9,12-13H2,1-3H3,(H,23,24). The zero-order valence-corrected chi connectivity index (χ0v) is 17.9. The zero-order valence-electron chi connectivity index (χ0n) is 17.1. The number of benzene rings is 1. The smallest absolute Gasteiger partial charge is 0.348 e. The molecule has 156 valence electrons. The highest BCUT2D eigenvalue weighted by atomic mass is 32.1. The van der Waals surface area contributed by atoms with Crippen LogP contribution in [0.15, 0.2) is 24.3 Å². The number of fused-ring (bicyclic) bond motifs is 1. The Hall–Kier alpha value is -2.54. The van der Waals surface area contributed by atoms with Crippen LogP contribution < -0.4 is 14.8 Å². The van der Waals surface area contributed by atoms with Gasteiger partial charge in [0.1, 0.15) is 4.88 Å². The Bertz CT molecular complexity index is 876. The minimum Gasteiger partial charge on any atom is -0.493 e. The predicted molar refractivity (Wildman–Crippen MR) is 112 cm³/mol. The summed E-state index contributed by atoms with van der Waals surface area (Å²) in [4.78, 5) is 26.2. The molecule has 0 spiro atoms. The van der Waals surface area contributed by atoms with Gasteiger partial charge in [0.25, 0.3) is 5.91 Å². The lowest BCUT2D eigenvalue weighted by atomic mass is 9.87. The van der Waals surface area contributed by atoms with E-state index in [-0.39, 0.29) is 12.5 Å². The Labute approximate surface area is 175 Å². The van der Waals surface area contributed by atoms with E-state index in [9.17, 15) is 9.59 Å². The van der Waals surface area contributed by atoms with Crippen LogP contribution in [0.25, 0.3) is 0 Å². The van der Waals surface area contributed by atoms with E-state index in [2.05, 4.69) is 12.2 Å². The number of thiophene rings is 1. The molecule has 0 radical (unpaired) electrons. The van der Waals surface area contributed by atoms with Crippen LogP contribution in [-0.2, 0) is 28.9 Å². The molecule has 0 saturated heterocycles. The highest BCUT2D eigenvalue weighted by Gasteiger charge is 2.23. The molecule has 0 aliphatic heterocycles. The lowest BCUT2D eigenvalue weighted by Gasteiger charge is -2.19. The molecule has 1 atom stereocenters. The lowest BCUT2D eigenvalue weighted by molar-refractivity contribution is -0.124. The van der Waals surface area contributed by atoms with Crippen LogP contribution in [0.1, 0.15) is 45.4 Å². The van der Waals surface area contributed by atoms with E-state index in [1.54, 1.807) is 26.4 Å². The first kappa shape index (κ1) is 21.2. The van der Waals surface area contributed by atoms with E-state index in [1.165, 1.54) is 28.2 Å². The topological polar surface area (TPSA) is 73.9 Å². The van der Waals surface area contributed by atoms with Crippen molar-refractivity contribution in [1.29, 1.82) is 0 Å². The van der Waals surface area contributed by atoms with Gasteiger partial charge in [0.05, 0.1) is 14.2 Å². The van der Waals surface area contributed by atoms with Gasteiger partial charge in [-0.3, -0.25) is 4.79 Å². The summed E-state index contributed by atoms with van der Waals surface area (Å²) in [7, 11) is 3.13. The number of nitrogens with one attached hydrogen (secondary N) is 1. The molecule has 1 aromatic heterocycles. The molecule has 3 rings (SSSR count). The molecule has 0 bridgehead atoms. The number of hydrogen-bond donors (Lipinski definition) is 1. The van der Waals surface area contributed by atoms with Crippen molar-refractivity contribution in [3.05, 3.63) is 45.1 Å². The molecular formula is C22H27NO5S. The largest absolute Gasteiger partial charge is 0.493 e. The molecule has 0 fully saturated rings. The van der Waals surface area contributed by atoms with Crippen molar-refractivity contribution in [3.63, 3.8) is 0 Å². The van der Waals surface area contributed by atoms with Gasteiger partial charge in [0, 0.05) is 11.4 Å². The molecule has 1 aliphatic rings. The zero-order chi connectivity index (χ0) is 20.8. The molecule has 1 aliphatic carbocycles. The number of hydrogen-bond acceptors (Lipinski definition) is 6. The summed E-state index contributed by atoms with van der Waals surface area (Å²) in [6.07, 6.45) is 4.39.